The average Bonchev–Trinajstić information content (AvgIpc) is 2.15. The monoisotopic (exact) mass is 202 g/mol. The Bertz CT molecular complexity index is 134. The molecule has 3 heteroatoms. The molecule has 0 fully saturated rings. The maximum atomic E-state index is 10.2. The van der Waals surface area contributed by atoms with Gasteiger partial charge in [-0.25, -0.2) is 0 Å². The molecule has 0 saturated heterocycles. The van der Waals surface area contributed by atoms with Gasteiger partial charge in [-0.15, -0.1) is 0 Å². The predicted octanol–water partition coefficient (Wildman–Crippen LogP) is 2.84. The molecule has 0 aromatic heterocycles. The van der Waals surface area contributed by atoms with E-state index < -0.39 is 5.97 Å². The lowest BCUT2D eigenvalue weighted by atomic mass is 10.1. The fourth-order valence-electron chi connectivity index (χ4n) is 1.18. The van der Waals surface area contributed by atoms with Crippen molar-refractivity contribution in [2.75, 3.05) is 13.2 Å². The molecular weight excluding hydrogens is 180 g/mol. The van der Waals surface area contributed by atoms with Crippen LogP contribution in [0.5, 0.6) is 0 Å². The highest BCUT2D eigenvalue weighted by molar-refractivity contribution is 5.66. The molecule has 0 bridgehead atoms. The highest BCUT2D eigenvalue weighted by Gasteiger charge is 1.96. The number of hydrogen-bond donors (Lipinski definition) is 1. The van der Waals surface area contributed by atoms with Crippen molar-refractivity contribution in [2.45, 2.75) is 51.9 Å². The number of hydrogen-bond acceptors (Lipinski definition) is 2. The molecule has 0 aliphatic heterocycles. The zero-order valence-corrected chi connectivity index (χ0v) is 9.13. The van der Waals surface area contributed by atoms with Gasteiger partial charge in [-0.05, 0) is 19.3 Å². The number of carboxylic acids is 1. The van der Waals surface area contributed by atoms with Gasteiger partial charge in [0.25, 0.3) is 0 Å². The average molecular weight is 202 g/mol. The molecule has 0 unspecified atom stereocenters. The van der Waals surface area contributed by atoms with Crippen LogP contribution in [-0.4, -0.2) is 24.3 Å². The van der Waals surface area contributed by atoms with Crippen molar-refractivity contribution in [1.82, 2.24) is 0 Å². The van der Waals surface area contributed by atoms with Gasteiger partial charge < -0.3 is 9.84 Å². The Morgan fingerprint density at radius 1 is 1.07 bits per heavy atom. The quantitative estimate of drug-likeness (QED) is 0.554. The summed E-state index contributed by atoms with van der Waals surface area (Å²) in [5.74, 6) is -0.691. The lowest BCUT2D eigenvalue weighted by molar-refractivity contribution is -0.137. The molecule has 0 radical (unpaired) electrons. The van der Waals surface area contributed by atoms with Crippen molar-refractivity contribution < 1.29 is 14.6 Å². The maximum absolute atomic E-state index is 10.2. The minimum absolute atomic E-state index is 0.302. The van der Waals surface area contributed by atoms with E-state index in [0.717, 1.165) is 45.3 Å². The summed E-state index contributed by atoms with van der Waals surface area (Å²) < 4.78 is 5.39. The second kappa shape index (κ2) is 10.5. The van der Waals surface area contributed by atoms with Crippen LogP contribution in [0.15, 0.2) is 0 Å². The van der Waals surface area contributed by atoms with Crippen LogP contribution < -0.4 is 0 Å². The minimum atomic E-state index is -0.691. The molecule has 14 heavy (non-hydrogen) atoms. The van der Waals surface area contributed by atoms with E-state index in [0.29, 0.717) is 6.42 Å². The fourth-order valence-corrected chi connectivity index (χ4v) is 1.18. The molecule has 0 spiro atoms. The fraction of sp³-hybridized carbons (Fsp3) is 0.909. The summed E-state index contributed by atoms with van der Waals surface area (Å²) in [6, 6.07) is 0. The van der Waals surface area contributed by atoms with E-state index in [1.807, 2.05) is 0 Å². The van der Waals surface area contributed by atoms with Crippen LogP contribution in [-0.2, 0) is 9.53 Å². The zero-order chi connectivity index (χ0) is 10.6. The van der Waals surface area contributed by atoms with E-state index in [1.165, 1.54) is 6.42 Å². The molecule has 0 aromatic rings. The molecule has 84 valence electrons. The SMILES string of the molecule is CCCCOCCCCCCC(=O)O. The first-order valence-corrected chi connectivity index (χ1v) is 5.57. The van der Waals surface area contributed by atoms with Crippen LogP contribution in [0.4, 0.5) is 0 Å². The normalized spacial score (nSPS) is 10.4. The molecular formula is C11H22O3. The number of aliphatic carboxylic acids is 1. The molecule has 0 saturated carbocycles. The van der Waals surface area contributed by atoms with E-state index in [-0.39, 0.29) is 0 Å². The third-order valence-electron chi connectivity index (χ3n) is 2.07. The summed E-state index contributed by atoms with van der Waals surface area (Å²) in [4.78, 5) is 10.2. The summed E-state index contributed by atoms with van der Waals surface area (Å²) in [6.45, 7) is 3.84. The largest absolute Gasteiger partial charge is 0.481 e. The minimum Gasteiger partial charge on any atom is -0.481 e. The van der Waals surface area contributed by atoms with Gasteiger partial charge in [0.15, 0.2) is 0 Å². The Morgan fingerprint density at radius 2 is 1.71 bits per heavy atom. The van der Waals surface area contributed by atoms with Gasteiger partial charge >= 0.3 is 5.97 Å². The van der Waals surface area contributed by atoms with E-state index >= 15 is 0 Å². The van der Waals surface area contributed by atoms with Crippen molar-refractivity contribution >= 4 is 5.97 Å². The van der Waals surface area contributed by atoms with Crippen LogP contribution in [0.3, 0.4) is 0 Å². The third kappa shape index (κ3) is 11.4. The molecule has 1 N–H and O–H groups in total. The standard InChI is InChI=1S/C11H22O3/c1-2-3-9-14-10-7-5-4-6-8-11(12)13/h2-10H2,1H3,(H,12,13). The van der Waals surface area contributed by atoms with Crippen molar-refractivity contribution in [3.63, 3.8) is 0 Å². The summed E-state index contributed by atoms with van der Waals surface area (Å²) in [5.41, 5.74) is 0. The van der Waals surface area contributed by atoms with Crippen LogP contribution in [0.1, 0.15) is 51.9 Å². The maximum Gasteiger partial charge on any atom is 0.303 e. The number of rotatable bonds is 10. The topological polar surface area (TPSA) is 46.5 Å². The highest BCUT2D eigenvalue weighted by Crippen LogP contribution is 2.03. The van der Waals surface area contributed by atoms with Crippen molar-refractivity contribution in [3.8, 4) is 0 Å². The molecule has 0 amide bonds. The third-order valence-corrected chi connectivity index (χ3v) is 2.07. The molecule has 0 aliphatic carbocycles. The molecule has 0 aliphatic rings. The Kier molecular flexibility index (Phi) is 10.1. The number of ether oxygens (including phenoxy) is 1. The molecule has 0 heterocycles. The Morgan fingerprint density at radius 3 is 2.36 bits per heavy atom. The predicted molar refractivity (Wildman–Crippen MR) is 56.4 cm³/mol. The van der Waals surface area contributed by atoms with E-state index in [4.69, 9.17) is 9.84 Å². The Balaban J connectivity index is 2.88. The lowest BCUT2D eigenvalue weighted by Crippen LogP contribution is -1.97. The van der Waals surface area contributed by atoms with E-state index in [9.17, 15) is 4.79 Å². The molecule has 0 aromatic carbocycles. The van der Waals surface area contributed by atoms with Gasteiger partial charge in [-0.3, -0.25) is 4.79 Å². The Hall–Kier alpha value is -0.570. The summed E-state index contributed by atoms with van der Waals surface area (Å²) in [7, 11) is 0. The number of carbonyl (C=O) groups is 1. The lowest BCUT2D eigenvalue weighted by Gasteiger charge is -2.02. The van der Waals surface area contributed by atoms with Crippen molar-refractivity contribution in [2.24, 2.45) is 0 Å². The summed E-state index contributed by atoms with van der Waals surface area (Å²) in [5, 5.41) is 8.39. The molecule has 0 rings (SSSR count). The second-order valence-electron chi connectivity index (χ2n) is 3.52. The van der Waals surface area contributed by atoms with Crippen LogP contribution in [0, 0.1) is 0 Å². The van der Waals surface area contributed by atoms with Gasteiger partial charge in [0.1, 0.15) is 0 Å². The first-order valence-electron chi connectivity index (χ1n) is 5.57. The van der Waals surface area contributed by atoms with E-state index in [1.54, 1.807) is 0 Å². The van der Waals surface area contributed by atoms with Gasteiger partial charge in [0.05, 0.1) is 0 Å². The zero-order valence-electron chi connectivity index (χ0n) is 9.13. The van der Waals surface area contributed by atoms with Crippen molar-refractivity contribution in [1.29, 1.82) is 0 Å². The van der Waals surface area contributed by atoms with Crippen molar-refractivity contribution in [3.05, 3.63) is 0 Å². The Labute approximate surface area is 86.5 Å². The first-order chi connectivity index (χ1) is 6.77. The van der Waals surface area contributed by atoms with Gasteiger partial charge in [-0.1, -0.05) is 26.2 Å². The smallest absolute Gasteiger partial charge is 0.303 e. The second-order valence-corrected chi connectivity index (χ2v) is 3.52. The highest BCUT2D eigenvalue weighted by atomic mass is 16.5. The number of carboxylic acid groups (broad SMARTS) is 1. The van der Waals surface area contributed by atoms with Crippen LogP contribution in [0.25, 0.3) is 0 Å². The number of unbranched alkanes of at least 4 members (excludes halogenated alkanes) is 4. The van der Waals surface area contributed by atoms with Gasteiger partial charge in [0.2, 0.25) is 0 Å². The first kappa shape index (κ1) is 13.4. The van der Waals surface area contributed by atoms with Crippen LogP contribution in [0.2, 0.25) is 0 Å². The summed E-state index contributed by atoms with van der Waals surface area (Å²) in [6.07, 6.45) is 6.56. The molecule has 0 atom stereocenters. The van der Waals surface area contributed by atoms with Crippen LogP contribution >= 0.6 is 0 Å². The summed E-state index contributed by atoms with van der Waals surface area (Å²) >= 11 is 0. The van der Waals surface area contributed by atoms with Gasteiger partial charge in [0, 0.05) is 19.6 Å². The van der Waals surface area contributed by atoms with E-state index in [2.05, 4.69) is 6.92 Å². The van der Waals surface area contributed by atoms with Gasteiger partial charge in [-0.2, -0.15) is 0 Å². The molecule has 3 nitrogen and oxygen atoms in total.